The third kappa shape index (κ3) is 2.16. The first-order chi connectivity index (χ1) is 7.27. The molecule has 0 atom stereocenters. The number of amides is 1. The fraction of sp³-hybridized carbons (Fsp3) is 0.111. The predicted octanol–water partition coefficient (Wildman–Crippen LogP) is 1.49. The number of rotatable bonds is 2. The molecule has 0 radical (unpaired) electrons. The molecule has 0 aliphatic heterocycles. The molecule has 2 rings (SSSR count). The zero-order valence-corrected chi connectivity index (χ0v) is 8.78. The molecule has 76 valence electrons. The number of aromatic nitrogens is 3. The second-order valence-electron chi connectivity index (χ2n) is 2.94. The van der Waals surface area contributed by atoms with Crippen LogP contribution in [0.2, 0.25) is 0 Å². The molecule has 1 aromatic carbocycles. The predicted molar refractivity (Wildman–Crippen MR) is 56.8 cm³/mol. The van der Waals surface area contributed by atoms with E-state index in [0.717, 1.165) is 17.1 Å². The summed E-state index contributed by atoms with van der Waals surface area (Å²) < 4.78 is 3.56. The van der Waals surface area contributed by atoms with Crippen LogP contribution in [0.25, 0.3) is 0 Å². The van der Waals surface area contributed by atoms with Crippen molar-refractivity contribution in [3.8, 4) is 0 Å². The Morgan fingerprint density at radius 1 is 1.40 bits per heavy atom. The minimum atomic E-state index is -0.188. The molecule has 0 aliphatic rings. The van der Waals surface area contributed by atoms with E-state index in [1.54, 1.807) is 6.07 Å². The lowest BCUT2D eigenvalue weighted by Gasteiger charge is -2.03. The molecule has 0 aliphatic carbocycles. The number of anilines is 1. The third-order valence-corrected chi connectivity index (χ3v) is 2.42. The summed E-state index contributed by atoms with van der Waals surface area (Å²) in [6.45, 7) is 1.88. The van der Waals surface area contributed by atoms with Gasteiger partial charge in [-0.15, -0.1) is 0 Å². The van der Waals surface area contributed by atoms with Crippen molar-refractivity contribution in [1.29, 1.82) is 0 Å². The van der Waals surface area contributed by atoms with Crippen LogP contribution in [0.1, 0.15) is 15.9 Å². The summed E-state index contributed by atoms with van der Waals surface area (Å²) in [4.78, 5) is 11.7. The van der Waals surface area contributed by atoms with E-state index in [9.17, 15) is 4.79 Å². The van der Waals surface area contributed by atoms with E-state index in [1.165, 1.54) is 0 Å². The maximum absolute atomic E-state index is 11.7. The lowest BCUT2D eigenvalue weighted by atomic mass is 10.1. The van der Waals surface area contributed by atoms with Crippen LogP contribution in [-0.2, 0) is 0 Å². The van der Waals surface area contributed by atoms with Gasteiger partial charge in [0.1, 0.15) is 0 Å². The summed E-state index contributed by atoms with van der Waals surface area (Å²) in [5.41, 5.74) is 1.56. The van der Waals surface area contributed by atoms with Gasteiger partial charge in [0, 0.05) is 17.1 Å². The Balaban J connectivity index is 2.19. The van der Waals surface area contributed by atoms with Gasteiger partial charge in [-0.2, -0.15) is 0 Å². The van der Waals surface area contributed by atoms with Crippen LogP contribution in [0.15, 0.2) is 24.3 Å². The smallest absolute Gasteiger partial charge is 0.257 e. The van der Waals surface area contributed by atoms with Crippen molar-refractivity contribution >= 4 is 22.6 Å². The Bertz CT molecular complexity index is 469. The maximum atomic E-state index is 11.7. The van der Waals surface area contributed by atoms with Crippen LogP contribution in [0.4, 0.5) is 5.13 Å². The van der Waals surface area contributed by atoms with Gasteiger partial charge in [-0.1, -0.05) is 27.8 Å². The van der Waals surface area contributed by atoms with Gasteiger partial charge in [-0.25, -0.2) is 0 Å². The van der Waals surface area contributed by atoms with Crippen LogP contribution < -0.4 is 5.32 Å². The largest absolute Gasteiger partial charge is 0.295 e. The first-order valence-corrected chi connectivity index (χ1v) is 5.07. The standard InChI is InChI=1S/C9H8N4OS/c1-6-4-2-3-5-7(6)8(14)10-9-11-12-13-15-9/h2-5H,1H3,(H,10,11,13,14). The maximum Gasteiger partial charge on any atom is 0.257 e. The minimum absolute atomic E-state index is 0.188. The van der Waals surface area contributed by atoms with E-state index in [-0.39, 0.29) is 5.91 Å². The van der Waals surface area contributed by atoms with Gasteiger partial charge in [-0.3, -0.25) is 10.1 Å². The zero-order valence-electron chi connectivity index (χ0n) is 7.97. The van der Waals surface area contributed by atoms with E-state index >= 15 is 0 Å². The average Bonchev–Trinajstić information content (AvgIpc) is 2.71. The molecule has 0 fully saturated rings. The summed E-state index contributed by atoms with van der Waals surface area (Å²) >= 11 is 1.05. The fourth-order valence-electron chi connectivity index (χ4n) is 1.17. The summed E-state index contributed by atoms with van der Waals surface area (Å²) in [7, 11) is 0. The number of hydrogen-bond acceptors (Lipinski definition) is 5. The Labute approximate surface area is 90.3 Å². The molecule has 1 heterocycles. The van der Waals surface area contributed by atoms with Gasteiger partial charge in [0.25, 0.3) is 5.91 Å². The van der Waals surface area contributed by atoms with Crippen molar-refractivity contribution in [2.45, 2.75) is 6.92 Å². The van der Waals surface area contributed by atoms with Crippen LogP contribution >= 0.6 is 11.5 Å². The third-order valence-electron chi connectivity index (χ3n) is 1.91. The van der Waals surface area contributed by atoms with Crippen molar-refractivity contribution in [3.63, 3.8) is 0 Å². The highest BCUT2D eigenvalue weighted by molar-refractivity contribution is 7.09. The van der Waals surface area contributed by atoms with E-state index < -0.39 is 0 Å². The molecule has 0 spiro atoms. The van der Waals surface area contributed by atoms with E-state index in [4.69, 9.17) is 0 Å². The number of benzene rings is 1. The molecule has 5 nitrogen and oxygen atoms in total. The molecule has 1 amide bonds. The van der Waals surface area contributed by atoms with Crippen molar-refractivity contribution in [2.24, 2.45) is 0 Å². The van der Waals surface area contributed by atoms with E-state index in [0.29, 0.717) is 10.7 Å². The Morgan fingerprint density at radius 2 is 2.20 bits per heavy atom. The van der Waals surface area contributed by atoms with Gasteiger partial charge in [-0.05, 0) is 23.8 Å². The molecule has 0 saturated carbocycles. The monoisotopic (exact) mass is 220 g/mol. The van der Waals surface area contributed by atoms with Crippen molar-refractivity contribution < 1.29 is 4.79 Å². The zero-order chi connectivity index (χ0) is 10.7. The Hall–Kier alpha value is -1.82. The summed E-state index contributed by atoms with van der Waals surface area (Å²) in [6.07, 6.45) is 0. The second-order valence-corrected chi connectivity index (χ2v) is 3.67. The van der Waals surface area contributed by atoms with E-state index in [1.807, 2.05) is 25.1 Å². The summed E-state index contributed by atoms with van der Waals surface area (Å²) in [6, 6.07) is 7.35. The Morgan fingerprint density at radius 3 is 2.87 bits per heavy atom. The first kappa shape index (κ1) is 9.72. The van der Waals surface area contributed by atoms with Crippen LogP contribution in [0, 0.1) is 6.92 Å². The topological polar surface area (TPSA) is 67.8 Å². The highest BCUT2D eigenvalue weighted by atomic mass is 32.1. The van der Waals surface area contributed by atoms with Crippen molar-refractivity contribution in [3.05, 3.63) is 35.4 Å². The number of carbonyl (C=O) groups is 1. The van der Waals surface area contributed by atoms with Gasteiger partial charge < -0.3 is 0 Å². The SMILES string of the molecule is Cc1ccccc1C(=O)Nc1nnns1. The molecule has 2 aromatic rings. The molecule has 0 saturated heterocycles. The van der Waals surface area contributed by atoms with Crippen LogP contribution in [0.3, 0.4) is 0 Å². The summed E-state index contributed by atoms with van der Waals surface area (Å²) in [5.74, 6) is -0.188. The van der Waals surface area contributed by atoms with Gasteiger partial charge in [0.15, 0.2) is 0 Å². The molecule has 1 aromatic heterocycles. The molecule has 15 heavy (non-hydrogen) atoms. The highest BCUT2D eigenvalue weighted by Crippen LogP contribution is 2.11. The molecule has 0 unspecified atom stereocenters. The van der Waals surface area contributed by atoms with Gasteiger partial charge in [0.05, 0.1) is 0 Å². The average molecular weight is 220 g/mol. The molecule has 0 bridgehead atoms. The van der Waals surface area contributed by atoms with E-state index in [2.05, 4.69) is 20.1 Å². The van der Waals surface area contributed by atoms with Crippen LogP contribution in [-0.4, -0.2) is 20.7 Å². The van der Waals surface area contributed by atoms with Gasteiger partial charge in [0.2, 0.25) is 5.13 Å². The number of carbonyl (C=O) groups excluding carboxylic acids is 1. The number of hydrogen-bond donors (Lipinski definition) is 1. The molecule has 6 heteroatoms. The first-order valence-electron chi connectivity index (χ1n) is 4.29. The fourth-order valence-corrected chi connectivity index (χ4v) is 1.54. The lowest BCUT2D eigenvalue weighted by Crippen LogP contribution is -2.12. The summed E-state index contributed by atoms with van der Waals surface area (Å²) in [5, 5.41) is 10.1. The second kappa shape index (κ2) is 4.14. The Kier molecular flexibility index (Phi) is 2.68. The van der Waals surface area contributed by atoms with Crippen molar-refractivity contribution in [1.82, 2.24) is 14.8 Å². The molecular formula is C9H8N4OS. The lowest BCUT2D eigenvalue weighted by molar-refractivity contribution is 0.102. The number of aryl methyl sites for hydroxylation is 1. The minimum Gasteiger partial charge on any atom is -0.295 e. The highest BCUT2D eigenvalue weighted by Gasteiger charge is 2.09. The van der Waals surface area contributed by atoms with Crippen molar-refractivity contribution in [2.75, 3.05) is 5.32 Å². The number of nitrogens with one attached hydrogen (secondary N) is 1. The van der Waals surface area contributed by atoms with Gasteiger partial charge >= 0.3 is 0 Å². The quantitative estimate of drug-likeness (QED) is 0.832. The van der Waals surface area contributed by atoms with Crippen LogP contribution in [0.5, 0.6) is 0 Å². The normalized spacial score (nSPS) is 9.93. The molecular weight excluding hydrogens is 212 g/mol. The molecule has 1 N–H and O–H groups in total. The number of nitrogens with zero attached hydrogens (tertiary/aromatic N) is 3.